The van der Waals surface area contributed by atoms with Crippen LogP contribution in [0, 0.1) is 11.3 Å². The summed E-state index contributed by atoms with van der Waals surface area (Å²) in [7, 11) is 0. The zero-order chi connectivity index (χ0) is 33.2. The number of aromatic nitrogens is 1. The van der Waals surface area contributed by atoms with Crippen LogP contribution >= 0.6 is 0 Å². The van der Waals surface area contributed by atoms with Crippen molar-refractivity contribution in [2.75, 3.05) is 0 Å². The van der Waals surface area contributed by atoms with Crippen LogP contribution < -0.4 is 21.1 Å². The molecule has 0 radical (unpaired) electrons. The maximum atomic E-state index is 9.46. The summed E-state index contributed by atoms with van der Waals surface area (Å²) in [5, 5.41) is 12.1. The predicted molar refractivity (Wildman–Crippen MR) is 198 cm³/mol. The van der Waals surface area contributed by atoms with Crippen LogP contribution in [0.5, 0.6) is 11.5 Å². The van der Waals surface area contributed by atoms with Gasteiger partial charge in [0, 0.05) is 22.0 Å². The minimum Gasteiger partial charge on any atom is -0.458 e. The summed E-state index contributed by atoms with van der Waals surface area (Å²) in [4.78, 5) is 0. The first kappa shape index (κ1) is 29.6. The molecule has 0 amide bonds. The van der Waals surface area contributed by atoms with Crippen LogP contribution in [0.25, 0.3) is 38.6 Å². The lowest BCUT2D eigenvalue weighted by Gasteiger charge is -2.35. The van der Waals surface area contributed by atoms with Crippen LogP contribution in [0.1, 0.15) is 84.6 Å². The minimum absolute atomic E-state index is 0.00703. The quantitative estimate of drug-likeness (QED) is 0.173. The van der Waals surface area contributed by atoms with Gasteiger partial charge in [-0.15, -0.1) is 0 Å². The van der Waals surface area contributed by atoms with E-state index in [2.05, 4.69) is 134 Å². The number of hydrogen-bond acceptors (Lipinski definition) is 2. The lowest BCUT2D eigenvalue weighted by atomic mass is 9.34. The van der Waals surface area contributed by atoms with Crippen molar-refractivity contribution in [3.63, 3.8) is 0 Å². The number of benzene rings is 5. The van der Waals surface area contributed by atoms with E-state index in [1.807, 2.05) is 24.3 Å². The normalized spacial score (nSPS) is 13.7. The van der Waals surface area contributed by atoms with E-state index in [9.17, 15) is 5.26 Å². The Morgan fingerprint density at radius 2 is 1.21 bits per heavy atom. The molecule has 0 fully saturated rings. The molecule has 0 saturated carbocycles. The van der Waals surface area contributed by atoms with Gasteiger partial charge >= 0.3 is 0 Å². The molecule has 0 atom stereocenters. The summed E-state index contributed by atoms with van der Waals surface area (Å²) < 4.78 is 9.40. The molecule has 4 heteroatoms. The molecular formula is C43H41BN2O. The molecule has 3 heterocycles. The van der Waals surface area contributed by atoms with E-state index in [1.54, 1.807) is 0 Å². The fourth-order valence-electron chi connectivity index (χ4n) is 7.55. The van der Waals surface area contributed by atoms with Gasteiger partial charge in [0.2, 0.25) is 0 Å². The zero-order valence-corrected chi connectivity index (χ0v) is 29.0. The van der Waals surface area contributed by atoms with Gasteiger partial charge in [-0.3, -0.25) is 0 Å². The second-order valence-corrected chi connectivity index (χ2v) is 16.7. The third-order valence-corrected chi connectivity index (χ3v) is 10.3. The third kappa shape index (κ3) is 4.47. The maximum Gasteiger partial charge on any atom is 0.256 e. The van der Waals surface area contributed by atoms with Gasteiger partial charge < -0.3 is 9.30 Å². The highest BCUT2D eigenvalue weighted by Crippen LogP contribution is 2.42. The van der Waals surface area contributed by atoms with Crippen LogP contribution in [0.3, 0.4) is 0 Å². The smallest absolute Gasteiger partial charge is 0.256 e. The molecule has 1 aromatic heterocycles. The summed E-state index contributed by atoms with van der Waals surface area (Å²) in [6, 6.07) is 33.5. The predicted octanol–water partition coefficient (Wildman–Crippen LogP) is 9.15. The molecule has 0 aliphatic carbocycles. The number of fused-ring (bicyclic) bond motifs is 7. The average Bonchev–Trinajstić information content (AvgIpc) is 3.35. The van der Waals surface area contributed by atoms with Crippen molar-refractivity contribution < 1.29 is 4.74 Å². The Balaban J connectivity index is 1.54. The fraction of sp³-hybridized carbons (Fsp3) is 0.279. The summed E-state index contributed by atoms with van der Waals surface area (Å²) in [6.45, 7) is 20.7. The summed E-state index contributed by atoms with van der Waals surface area (Å²) in [5.74, 6) is 1.82. The van der Waals surface area contributed by atoms with Crippen LogP contribution in [-0.4, -0.2) is 11.3 Å². The van der Waals surface area contributed by atoms with E-state index in [0.717, 1.165) is 28.3 Å². The first-order valence-corrected chi connectivity index (χ1v) is 16.8. The molecule has 0 spiro atoms. The molecule has 2 aliphatic rings. The molecule has 0 saturated heterocycles. The van der Waals surface area contributed by atoms with E-state index in [4.69, 9.17) is 4.74 Å². The average molecular weight is 613 g/mol. The summed E-state index contributed by atoms with van der Waals surface area (Å²) in [5.41, 5.74) is 14.3. The number of rotatable bonds is 1. The molecule has 0 unspecified atom stereocenters. The Morgan fingerprint density at radius 3 is 1.87 bits per heavy atom. The second-order valence-electron chi connectivity index (χ2n) is 16.7. The van der Waals surface area contributed by atoms with Gasteiger partial charge in [-0.25, -0.2) is 0 Å². The lowest BCUT2D eigenvalue weighted by molar-refractivity contribution is 0.486. The van der Waals surface area contributed by atoms with E-state index < -0.39 is 0 Å². The van der Waals surface area contributed by atoms with Crippen molar-refractivity contribution in [1.29, 1.82) is 5.26 Å². The SMILES string of the molecule is CC(C)(C)c1ccc2c(c1)B1c3c(cc(-c4ccc(C#N)cc4)cc3-n3c4ccc(C(C)(C)C)cc4c4cc(C(C)(C)C)cc1c43)O2. The van der Waals surface area contributed by atoms with Crippen molar-refractivity contribution in [2.45, 2.75) is 78.6 Å². The molecule has 2 aliphatic heterocycles. The van der Waals surface area contributed by atoms with Crippen molar-refractivity contribution in [1.82, 2.24) is 4.57 Å². The van der Waals surface area contributed by atoms with Gasteiger partial charge in [0.05, 0.1) is 17.1 Å². The van der Waals surface area contributed by atoms with Crippen molar-refractivity contribution in [3.05, 3.63) is 107 Å². The Kier molecular flexibility index (Phi) is 6.08. The standard InChI is InChI=1S/C43H41BN2O/c1-41(2,3)28-14-16-35-31(20-28)32-21-30(43(7,8)9)23-34-40(32)46(35)36-18-27(26-12-10-25(24-45)11-13-26)19-38-39(36)44(34)33-22-29(42(4,5)6)15-17-37(33)47-38/h10-23H,1-9H3. The Hall–Kier alpha value is -4.75. The number of ether oxygens (including phenoxy) is 1. The topological polar surface area (TPSA) is 38.0 Å². The van der Waals surface area contributed by atoms with Crippen LogP contribution in [-0.2, 0) is 16.2 Å². The first-order chi connectivity index (χ1) is 22.1. The van der Waals surface area contributed by atoms with Crippen molar-refractivity contribution in [3.8, 4) is 34.4 Å². The van der Waals surface area contributed by atoms with E-state index >= 15 is 0 Å². The molecule has 0 bridgehead atoms. The molecular weight excluding hydrogens is 571 g/mol. The van der Waals surface area contributed by atoms with Crippen LogP contribution in [0.4, 0.5) is 0 Å². The lowest BCUT2D eigenvalue weighted by Crippen LogP contribution is -2.58. The largest absolute Gasteiger partial charge is 0.458 e. The molecule has 47 heavy (non-hydrogen) atoms. The molecule has 0 N–H and O–H groups in total. The minimum atomic E-state index is -0.0233. The Morgan fingerprint density at radius 1 is 0.596 bits per heavy atom. The fourth-order valence-corrected chi connectivity index (χ4v) is 7.55. The Bertz CT molecular complexity index is 2330. The van der Waals surface area contributed by atoms with E-state index in [-0.39, 0.29) is 23.0 Å². The number of nitriles is 1. The van der Waals surface area contributed by atoms with Gasteiger partial charge in [-0.2, -0.15) is 5.26 Å². The van der Waals surface area contributed by atoms with Crippen molar-refractivity contribution >= 4 is 44.9 Å². The summed E-state index contributed by atoms with van der Waals surface area (Å²) in [6.07, 6.45) is 0. The van der Waals surface area contributed by atoms with Crippen molar-refractivity contribution in [2.24, 2.45) is 0 Å². The highest BCUT2D eigenvalue weighted by atomic mass is 16.5. The monoisotopic (exact) mass is 612 g/mol. The second kappa shape index (κ2) is 9.64. The van der Waals surface area contributed by atoms with E-state index in [1.165, 1.54) is 54.9 Å². The highest BCUT2D eigenvalue weighted by Gasteiger charge is 2.42. The van der Waals surface area contributed by atoms with Crippen LogP contribution in [0.15, 0.2) is 84.9 Å². The number of nitrogens with zero attached hydrogens (tertiary/aromatic N) is 2. The molecule has 3 nitrogen and oxygen atoms in total. The Labute approximate surface area is 278 Å². The molecule has 8 rings (SSSR count). The van der Waals surface area contributed by atoms with Gasteiger partial charge in [-0.1, -0.05) is 98.7 Å². The van der Waals surface area contributed by atoms with Gasteiger partial charge in [-0.05, 0) is 109 Å². The third-order valence-electron chi connectivity index (χ3n) is 10.3. The highest BCUT2D eigenvalue weighted by molar-refractivity contribution is 6.99. The van der Waals surface area contributed by atoms with E-state index in [0.29, 0.717) is 5.56 Å². The zero-order valence-electron chi connectivity index (χ0n) is 29.0. The van der Waals surface area contributed by atoms with Crippen LogP contribution in [0.2, 0.25) is 0 Å². The molecule has 232 valence electrons. The van der Waals surface area contributed by atoms with Gasteiger partial charge in [0.1, 0.15) is 11.5 Å². The number of hydrogen-bond donors (Lipinski definition) is 0. The van der Waals surface area contributed by atoms with Gasteiger partial charge in [0.15, 0.2) is 0 Å². The maximum absolute atomic E-state index is 9.46. The first-order valence-electron chi connectivity index (χ1n) is 16.8. The molecule has 5 aromatic carbocycles. The molecule has 6 aromatic rings. The summed E-state index contributed by atoms with van der Waals surface area (Å²) >= 11 is 0. The van der Waals surface area contributed by atoms with Gasteiger partial charge in [0.25, 0.3) is 6.71 Å².